The van der Waals surface area contributed by atoms with Gasteiger partial charge in [0, 0.05) is 24.3 Å². The van der Waals surface area contributed by atoms with Gasteiger partial charge in [-0.15, -0.1) is 0 Å². The van der Waals surface area contributed by atoms with E-state index in [0.717, 1.165) is 43.0 Å². The molecular weight excluding hydrogens is 224 g/mol. The number of piperidine rings is 1. The maximum atomic E-state index is 12.4. The SMILES string of the molecule is CCC1CCN(C(=O)c2cccc(N)c2C)CC1. The number of nitrogens with two attached hydrogens (primary N) is 1. The minimum atomic E-state index is 0.134. The smallest absolute Gasteiger partial charge is 0.254 e. The Labute approximate surface area is 109 Å². The number of anilines is 1. The summed E-state index contributed by atoms with van der Waals surface area (Å²) in [5.74, 6) is 0.922. The van der Waals surface area contributed by atoms with Gasteiger partial charge in [0.05, 0.1) is 0 Å². The van der Waals surface area contributed by atoms with Crippen LogP contribution in [0, 0.1) is 12.8 Å². The van der Waals surface area contributed by atoms with Crippen molar-refractivity contribution in [3.05, 3.63) is 29.3 Å². The van der Waals surface area contributed by atoms with Crippen LogP contribution in [-0.2, 0) is 0 Å². The van der Waals surface area contributed by atoms with Crippen molar-refractivity contribution >= 4 is 11.6 Å². The highest BCUT2D eigenvalue weighted by atomic mass is 16.2. The lowest BCUT2D eigenvalue weighted by atomic mass is 9.93. The van der Waals surface area contributed by atoms with Gasteiger partial charge in [-0.3, -0.25) is 4.79 Å². The van der Waals surface area contributed by atoms with E-state index in [0.29, 0.717) is 5.69 Å². The first-order valence-electron chi connectivity index (χ1n) is 6.77. The molecule has 2 N–H and O–H groups in total. The van der Waals surface area contributed by atoms with Crippen molar-refractivity contribution in [3.63, 3.8) is 0 Å². The van der Waals surface area contributed by atoms with Crippen molar-refractivity contribution in [1.29, 1.82) is 0 Å². The van der Waals surface area contributed by atoms with Crippen LogP contribution in [0.4, 0.5) is 5.69 Å². The summed E-state index contributed by atoms with van der Waals surface area (Å²) in [6, 6.07) is 5.57. The number of nitrogen functional groups attached to an aromatic ring is 1. The van der Waals surface area contributed by atoms with Gasteiger partial charge in [0.15, 0.2) is 0 Å². The molecule has 1 aliphatic heterocycles. The third kappa shape index (κ3) is 2.50. The summed E-state index contributed by atoms with van der Waals surface area (Å²) in [4.78, 5) is 14.4. The van der Waals surface area contributed by atoms with E-state index in [9.17, 15) is 4.79 Å². The van der Waals surface area contributed by atoms with Crippen LogP contribution in [0.5, 0.6) is 0 Å². The summed E-state index contributed by atoms with van der Waals surface area (Å²) in [7, 11) is 0. The van der Waals surface area contributed by atoms with Gasteiger partial charge in [-0.2, -0.15) is 0 Å². The Balaban J connectivity index is 2.10. The lowest BCUT2D eigenvalue weighted by Crippen LogP contribution is -2.38. The van der Waals surface area contributed by atoms with Gasteiger partial charge in [-0.1, -0.05) is 19.4 Å². The monoisotopic (exact) mass is 246 g/mol. The highest BCUT2D eigenvalue weighted by Crippen LogP contribution is 2.23. The molecule has 0 aromatic heterocycles. The molecule has 0 aliphatic carbocycles. The molecule has 0 bridgehead atoms. The molecule has 18 heavy (non-hydrogen) atoms. The molecule has 0 unspecified atom stereocenters. The second kappa shape index (κ2) is 5.42. The fraction of sp³-hybridized carbons (Fsp3) is 0.533. The molecule has 0 atom stereocenters. The predicted octanol–water partition coefficient (Wildman–Crippen LogP) is 2.84. The first-order chi connectivity index (χ1) is 8.63. The van der Waals surface area contributed by atoms with E-state index in [1.165, 1.54) is 6.42 Å². The Kier molecular flexibility index (Phi) is 3.90. The van der Waals surface area contributed by atoms with Crippen LogP contribution in [0.3, 0.4) is 0 Å². The van der Waals surface area contributed by atoms with Crippen molar-refractivity contribution in [3.8, 4) is 0 Å². The van der Waals surface area contributed by atoms with Crippen LogP contribution in [0.2, 0.25) is 0 Å². The van der Waals surface area contributed by atoms with E-state index in [2.05, 4.69) is 6.92 Å². The van der Waals surface area contributed by atoms with Crippen LogP contribution < -0.4 is 5.73 Å². The quantitative estimate of drug-likeness (QED) is 0.816. The maximum absolute atomic E-state index is 12.4. The Morgan fingerprint density at radius 1 is 1.39 bits per heavy atom. The fourth-order valence-corrected chi connectivity index (χ4v) is 2.60. The molecule has 0 saturated carbocycles. The molecule has 1 aromatic rings. The number of hydrogen-bond acceptors (Lipinski definition) is 2. The average molecular weight is 246 g/mol. The number of nitrogens with zero attached hydrogens (tertiary/aromatic N) is 1. The van der Waals surface area contributed by atoms with Gasteiger partial charge < -0.3 is 10.6 Å². The molecule has 3 nitrogen and oxygen atoms in total. The van der Waals surface area contributed by atoms with E-state index in [1.807, 2.05) is 30.0 Å². The summed E-state index contributed by atoms with van der Waals surface area (Å²) in [5.41, 5.74) is 8.22. The van der Waals surface area contributed by atoms with Gasteiger partial charge >= 0.3 is 0 Å². The van der Waals surface area contributed by atoms with Crippen LogP contribution in [-0.4, -0.2) is 23.9 Å². The third-order valence-electron chi connectivity index (χ3n) is 4.09. The zero-order valence-corrected chi connectivity index (χ0v) is 11.3. The molecule has 1 aromatic carbocycles. The second-order valence-corrected chi connectivity index (χ2v) is 5.16. The number of amides is 1. The number of benzene rings is 1. The number of rotatable bonds is 2. The van der Waals surface area contributed by atoms with Gasteiger partial charge in [0.2, 0.25) is 0 Å². The molecule has 0 radical (unpaired) electrons. The maximum Gasteiger partial charge on any atom is 0.254 e. The second-order valence-electron chi connectivity index (χ2n) is 5.16. The Hall–Kier alpha value is -1.51. The molecule has 2 rings (SSSR count). The molecule has 1 amide bonds. The summed E-state index contributed by atoms with van der Waals surface area (Å²) < 4.78 is 0. The normalized spacial score (nSPS) is 16.9. The summed E-state index contributed by atoms with van der Waals surface area (Å²) >= 11 is 0. The average Bonchev–Trinajstić information content (AvgIpc) is 2.41. The van der Waals surface area contributed by atoms with E-state index in [4.69, 9.17) is 5.73 Å². The van der Waals surface area contributed by atoms with E-state index < -0.39 is 0 Å². The van der Waals surface area contributed by atoms with E-state index in [-0.39, 0.29) is 5.91 Å². The summed E-state index contributed by atoms with van der Waals surface area (Å²) in [5, 5.41) is 0. The van der Waals surface area contributed by atoms with Gasteiger partial charge in [0.25, 0.3) is 5.91 Å². The molecule has 1 saturated heterocycles. The number of hydrogen-bond donors (Lipinski definition) is 1. The van der Waals surface area contributed by atoms with Crippen molar-refractivity contribution in [2.24, 2.45) is 5.92 Å². The Morgan fingerprint density at radius 3 is 2.67 bits per heavy atom. The molecule has 1 aliphatic rings. The minimum absolute atomic E-state index is 0.134. The topological polar surface area (TPSA) is 46.3 Å². The molecule has 1 fully saturated rings. The van der Waals surface area contributed by atoms with Crippen LogP contribution in [0.15, 0.2) is 18.2 Å². The Bertz CT molecular complexity index is 434. The first kappa shape index (κ1) is 12.9. The van der Waals surface area contributed by atoms with Crippen molar-refractivity contribution < 1.29 is 4.79 Å². The number of carbonyl (C=O) groups is 1. The molecule has 3 heteroatoms. The summed E-state index contributed by atoms with van der Waals surface area (Å²) in [6.07, 6.45) is 3.48. The lowest BCUT2D eigenvalue weighted by Gasteiger charge is -2.32. The summed E-state index contributed by atoms with van der Waals surface area (Å²) in [6.45, 7) is 5.91. The molecule has 0 spiro atoms. The fourth-order valence-electron chi connectivity index (χ4n) is 2.60. The van der Waals surface area contributed by atoms with Gasteiger partial charge in [-0.05, 0) is 43.4 Å². The van der Waals surface area contributed by atoms with Gasteiger partial charge in [0.1, 0.15) is 0 Å². The molecule has 1 heterocycles. The van der Waals surface area contributed by atoms with Crippen molar-refractivity contribution in [1.82, 2.24) is 4.90 Å². The van der Waals surface area contributed by atoms with Crippen molar-refractivity contribution in [2.45, 2.75) is 33.1 Å². The minimum Gasteiger partial charge on any atom is -0.398 e. The predicted molar refractivity (Wildman–Crippen MR) is 74.5 cm³/mol. The Morgan fingerprint density at radius 2 is 2.06 bits per heavy atom. The van der Waals surface area contributed by atoms with E-state index >= 15 is 0 Å². The highest BCUT2D eigenvalue weighted by molar-refractivity contribution is 5.96. The van der Waals surface area contributed by atoms with Crippen molar-refractivity contribution in [2.75, 3.05) is 18.8 Å². The molecule has 98 valence electrons. The van der Waals surface area contributed by atoms with Crippen LogP contribution in [0.25, 0.3) is 0 Å². The molecular formula is C15H22N2O. The largest absolute Gasteiger partial charge is 0.398 e. The highest BCUT2D eigenvalue weighted by Gasteiger charge is 2.23. The van der Waals surface area contributed by atoms with Crippen LogP contribution in [0.1, 0.15) is 42.1 Å². The number of carbonyl (C=O) groups excluding carboxylic acids is 1. The van der Waals surface area contributed by atoms with Gasteiger partial charge in [-0.25, -0.2) is 0 Å². The third-order valence-corrected chi connectivity index (χ3v) is 4.09. The first-order valence-corrected chi connectivity index (χ1v) is 6.77. The van der Waals surface area contributed by atoms with E-state index in [1.54, 1.807) is 0 Å². The zero-order valence-electron chi connectivity index (χ0n) is 11.3. The standard InChI is InChI=1S/C15H22N2O/c1-3-12-7-9-17(10-8-12)15(18)13-5-4-6-14(16)11(13)2/h4-6,12H,3,7-10,16H2,1-2H3. The number of likely N-dealkylation sites (tertiary alicyclic amines) is 1. The van der Waals surface area contributed by atoms with Crippen LogP contribution >= 0.6 is 0 Å². The zero-order chi connectivity index (χ0) is 13.1. The lowest BCUT2D eigenvalue weighted by molar-refractivity contribution is 0.0688.